The second-order valence-corrected chi connectivity index (χ2v) is 6.97. The number of methoxy groups -OCH3 is 4. The van der Waals surface area contributed by atoms with Crippen LogP contribution in [0.5, 0.6) is 23.0 Å². The van der Waals surface area contributed by atoms with Crippen molar-refractivity contribution in [1.29, 1.82) is 0 Å². The largest absolute Gasteiger partial charge is 0.497 e. The molecule has 1 unspecified atom stereocenters. The summed E-state index contributed by atoms with van der Waals surface area (Å²) in [7, 11) is 9.35. The SMILES string of the molecule is COCOc1c(C)cc(OC)cc1C(P)c1cc(OC)cc(C)c1OCOC. The zero-order valence-electron chi connectivity index (χ0n) is 17.3. The van der Waals surface area contributed by atoms with Gasteiger partial charge in [0.2, 0.25) is 0 Å². The van der Waals surface area contributed by atoms with E-state index in [1.54, 1.807) is 28.4 Å². The van der Waals surface area contributed by atoms with Crippen LogP contribution in [0.25, 0.3) is 0 Å². The molecule has 0 N–H and O–H groups in total. The summed E-state index contributed by atoms with van der Waals surface area (Å²) >= 11 is 0. The third kappa shape index (κ3) is 5.07. The number of hydrogen-bond donors (Lipinski definition) is 0. The molecule has 2 rings (SSSR count). The predicted octanol–water partition coefficient (Wildman–Crippen LogP) is 4.25. The Hall–Kier alpha value is -2.01. The summed E-state index contributed by atoms with van der Waals surface area (Å²) in [5, 5.41) is 0. The predicted molar refractivity (Wildman–Crippen MR) is 112 cm³/mol. The van der Waals surface area contributed by atoms with Gasteiger partial charge in [0.25, 0.3) is 0 Å². The van der Waals surface area contributed by atoms with E-state index in [1.807, 2.05) is 38.1 Å². The molecule has 6 nitrogen and oxygen atoms in total. The quantitative estimate of drug-likeness (QED) is 0.433. The molecule has 154 valence electrons. The third-order valence-corrected chi connectivity index (χ3v) is 5.06. The van der Waals surface area contributed by atoms with Gasteiger partial charge in [-0.3, -0.25) is 0 Å². The Kier molecular flexibility index (Phi) is 8.36. The van der Waals surface area contributed by atoms with Crippen LogP contribution < -0.4 is 18.9 Å². The van der Waals surface area contributed by atoms with Gasteiger partial charge >= 0.3 is 0 Å². The van der Waals surface area contributed by atoms with Crippen LogP contribution in [0.4, 0.5) is 0 Å². The van der Waals surface area contributed by atoms with Gasteiger partial charge in [0.1, 0.15) is 23.0 Å². The maximum Gasteiger partial charge on any atom is 0.188 e. The van der Waals surface area contributed by atoms with Crippen molar-refractivity contribution in [3.63, 3.8) is 0 Å². The average Bonchev–Trinajstić information content (AvgIpc) is 2.70. The molecule has 0 amide bonds. The molecule has 0 aliphatic carbocycles. The van der Waals surface area contributed by atoms with Crippen LogP contribution in [0.3, 0.4) is 0 Å². The minimum Gasteiger partial charge on any atom is -0.497 e. The second kappa shape index (κ2) is 10.5. The van der Waals surface area contributed by atoms with Crippen molar-refractivity contribution >= 4 is 9.24 Å². The van der Waals surface area contributed by atoms with Crippen LogP contribution in [-0.4, -0.2) is 42.0 Å². The molecule has 0 aliphatic rings. The highest BCUT2D eigenvalue weighted by molar-refractivity contribution is 7.17. The lowest BCUT2D eigenvalue weighted by molar-refractivity contribution is 0.0491. The normalized spacial score (nSPS) is 10.9. The maximum absolute atomic E-state index is 5.88. The van der Waals surface area contributed by atoms with E-state index in [0.29, 0.717) is 0 Å². The number of aryl methyl sites for hydroxylation is 2. The topological polar surface area (TPSA) is 55.4 Å². The summed E-state index contributed by atoms with van der Waals surface area (Å²) in [6, 6.07) is 7.80. The molecular weight excluding hydrogens is 379 g/mol. The standard InChI is InChI=1S/C21H29O6P/c1-13-7-15(24-5)9-17(19(13)26-11-22-3)21(28)18-10-16(25-6)8-14(2)20(18)27-12-23-4/h7-10,21H,11-12,28H2,1-6H3. The van der Waals surface area contributed by atoms with Gasteiger partial charge in [-0.2, -0.15) is 0 Å². The Balaban J connectivity index is 2.62. The van der Waals surface area contributed by atoms with Crippen LogP contribution in [0.2, 0.25) is 0 Å². The van der Waals surface area contributed by atoms with E-state index >= 15 is 0 Å². The first-order valence-corrected chi connectivity index (χ1v) is 9.49. The summed E-state index contributed by atoms with van der Waals surface area (Å²) in [5.41, 5.74) is 3.65. The van der Waals surface area contributed by atoms with Crippen molar-refractivity contribution in [1.82, 2.24) is 0 Å². The Bertz CT molecular complexity index is 727. The molecule has 0 aliphatic heterocycles. The molecule has 0 saturated heterocycles. The minimum atomic E-state index is -0.138. The van der Waals surface area contributed by atoms with Crippen LogP contribution >= 0.6 is 9.24 Å². The highest BCUT2D eigenvalue weighted by Gasteiger charge is 2.23. The monoisotopic (exact) mass is 408 g/mol. The fourth-order valence-electron chi connectivity index (χ4n) is 3.03. The molecule has 0 saturated carbocycles. The lowest BCUT2D eigenvalue weighted by Gasteiger charge is -2.23. The first-order valence-electron chi connectivity index (χ1n) is 8.82. The zero-order valence-corrected chi connectivity index (χ0v) is 18.5. The van der Waals surface area contributed by atoms with E-state index in [-0.39, 0.29) is 19.2 Å². The van der Waals surface area contributed by atoms with Gasteiger partial charge in [0.05, 0.1) is 14.2 Å². The molecule has 28 heavy (non-hydrogen) atoms. The molecule has 2 aromatic carbocycles. The minimum absolute atomic E-state index is 0.138. The highest BCUT2D eigenvalue weighted by Crippen LogP contribution is 2.45. The van der Waals surface area contributed by atoms with E-state index in [0.717, 1.165) is 45.3 Å². The zero-order chi connectivity index (χ0) is 20.7. The van der Waals surface area contributed by atoms with Gasteiger partial charge < -0.3 is 28.4 Å². The van der Waals surface area contributed by atoms with Crippen LogP contribution in [-0.2, 0) is 9.47 Å². The Morgan fingerprint density at radius 1 is 0.714 bits per heavy atom. The summed E-state index contributed by atoms with van der Waals surface area (Å²) in [6.45, 7) is 4.27. The molecule has 0 heterocycles. The molecule has 0 bridgehead atoms. The van der Waals surface area contributed by atoms with Crippen LogP contribution in [0, 0.1) is 13.8 Å². The summed E-state index contributed by atoms with van der Waals surface area (Å²) in [5.74, 6) is 3.01. The van der Waals surface area contributed by atoms with E-state index in [1.165, 1.54) is 0 Å². The van der Waals surface area contributed by atoms with E-state index in [9.17, 15) is 0 Å². The number of rotatable bonds is 10. The lowest BCUT2D eigenvalue weighted by atomic mass is 9.97. The third-order valence-electron chi connectivity index (χ3n) is 4.34. The lowest BCUT2D eigenvalue weighted by Crippen LogP contribution is -2.09. The van der Waals surface area contributed by atoms with Crippen LogP contribution in [0.15, 0.2) is 24.3 Å². The van der Waals surface area contributed by atoms with Gasteiger partial charge in [-0.05, 0) is 49.2 Å². The van der Waals surface area contributed by atoms with Gasteiger partial charge in [-0.1, -0.05) is 0 Å². The smallest absolute Gasteiger partial charge is 0.188 e. The van der Waals surface area contributed by atoms with E-state index < -0.39 is 0 Å². The molecule has 0 spiro atoms. The Labute approximate surface area is 169 Å². The van der Waals surface area contributed by atoms with E-state index in [2.05, 4.69) is 9.24 Å². The average molecular weight is 408 g/mol. The van der Waals surface area contributed by atoms with Crippen molar-refractivity contribution in [3.05, 3.63) is 46.5 Å². The fourth-order valence-corrected chi connectivity index (χ4v) is 3.52. The molecular formula is C21H29O6P. The van der Waals surface area contributed by atoms with Gasteiger partial charge in [-0.15, -0.1) is 9.24 Å². The Morgan fingerprint density at radius 3 is 1.43 bits per heavy atom. The summed E-state index contributed by atoms with van der Waals surface area (Å²) in [4.78, 5) is 0. The number of ether oxygens (including phenoxy) is 6. The number of hydrogen-bond acceptors (Lipinski definition) is 6. The maximum atomic E-state index is 5.88. The van der Waals surface area contributed by atoms with Crippen molar-refractivity contribution in [2.75, 3.05) is 42.0 Å². The van der Waals surface area contributed by atoms with Crippen molar-refractivity contribution in [3.8, 4) is 23.0 Å². The van der Waals surface area contributed by atoms with Crippen molar-refractivity contribution in [2.45, 2.75) is 19.5 Å². The number of benzene rings is 2. The molecule has 1 atom stereocenters. The second-order valence-electron chi connectivity index (χ2n) is 6.30. The Morgan fingerprint density at radius 2 is 1.11 bits per heavy atom. The van der Waals surface area contributed by atoms with Gasteiger partial charge in [0, 0.05) is 31.0 Å². The van der Waals surface area contributed by atoms with E-state index in [4.69, 9.17) is 28.4 Å². The highest BCUT2D eigenvalue weighted by atomic mass is 31.0. The first kappa shape index (κ1) is 22.3. The van der Waals surface area contributed by atoms with Gasteiger partial charge in [-0.25, -0.2) is 0 Å². The summed E-state index contributed by atoms with van der Waals surface area (Å²) < 4.78 is 32.9. The van der Waals surface area contributed by atoms with Crippen molar-refractivity contribution in [2.24, 2.45) is 0 Å². The molecule has 7 heteroatoms. The molecule has 0 aromatic heterocycles. The fraction of sp³-hybridized carbons (Fsp3) is 0.429. The summed E-state index contributed by atoms with van der Waals surface area (Å²) in [6.07, 6.45) is 0. The van der Waals surface area contributed by atoms with Crippen LogP contribution in [0.1, 0.15) is 27.9 Å². The first-order chi connectivity index (χ1) is 13.5. The van der Waals surface area contributed by atoms with Crippen molar-refractivity contribution < 1.29 is 28.4 Å². The molecule has 0 fully saturated rings. The molecule has 2 aromatic rings. The molecule has 0 radical (unpaired) electrons. The van der Waals surface area contributed by atoms with Gasteiger partial charge in [0.15, 0.2) is 13.6 Å².